The Morgan fingerprint density at radius 1 is 1.03 bits per heavy atom. The highest BCUT2D eigenvalue weighted by Crippen LogP contribution is 2.15. The zero-order valence-electron chi connectivity index (χ0n) is 17.8. The fourth-order valence-corrected chi connectivity index (χ4v) is 3.62. The van der Waals surface area contributed by atoms with E-state index in [0.717, 1.165) is 37.6 Å². The lowest BCUT2D eigenvalue weighted by Gasteiger charge is -2.15. The predicted molar refractivity (Wildman–Crippen MR) is 117 cm³/mol. The highest BCUT2D eigenvalue weighted by molar-refractivity contribution is 5.79. The van der Waals surface area contributed by atoms with E-state index in [1.54, 1.807) is 13.2 Å². The molecular formula is C22H31N7. The fraction of sp³-hybridized carbons (Fsp3) is 0.409. The molecule has 0 spiro atoms. The van der Waals surface area contributed by atoms with Crippen LogP contribution in [0.1, 0.15) is 41.9 Å². The molecular weight excluding hydrogens is 362 g/mol. The third kappa shape index (κ3) is 5.04. The summed E-state index contributed by atoms with van der Waals surface area (Å²) in [7, 11) is 3.82. The third-order valence-electron chi connectivity index (χ3n) is 5.14. The van der Waals surface area contributed by atoms with E-state index >= 15 is 0 Å². The van der Waals surface area contributed by atoms with Crippen LogP contribution in [0.15, 0.2) is 47.7 Å². The molecule has 0 saturated heterocycles. The Kier molecular flexibility index (Phi) is 7.05. The second kappa shape index (κ2) is 9.91. The van der Waals surface area contributed by atoms with Crippen molar-refractivity contribution in [2.75, 3.05) is 7.05 Å². The van der Waals surface area contributed by atoms with Crippen molar-refractivity contribution in [3.8, 4) is 0 Å². The molecule has 3 rings (SSSR count). The lowest BCUT2D eigenvalue weighted by molar-refractivity contribution is 0.677. The van der Waals surface area contributed by atoms with Crippen molar-refractivity contribution in [1.29, 1.82) is 0 Å². The molecule has 0 unspecified atom stereocenters. The summed E-state index contributed by atoms with van der Waals surface area (Å²) in [6.45, 7) is 6.49. The Morgan fingerprint density at radius 2 is 1.79 bits per heavy atom. The minimum Gasteiger partial charge on any atom is -0.352 e. The largest absolute Gasteiger partial charge is 0.352 e. The van der Waals surface area contributed by atoms with E-state index in [1.807, 2.05) is 28.7 Å². The number of nitrogens with zero attached hydrogens (tertiary/aromatic N) is 5. The molecule has 0 aliphatic heterocycles. The summed E-state index contributed by atoms with van der Waals surface area (Å²) >= 11 is 0. The summed E-state index contributed by atoms with van der Waals surface area (Å²) in [5.74, 6) is 0.784. The Bertz CT molecular complexity index is 938. The number of aromatic nitrogens is 4. The maximum absolute atomic E-state index is 4.65. The van der Waals surface area contributed by atoms with Gasteiger partial charge in [0.15, 0.2) is 5.96 Å². The van der Waals surface area contributed by atoms with Crippen LogP contribution in [0.5, 0.6) is 0 Å². The molecule has 0 aliphatic carbocycles. The Labute approximate surface area is 172 Å². The van der Waals surface area contributed by atoms with Gasteiger partial charge in [0.05, 0.1) is 12.2 Å². The van der Waals surface area contributed by atoms with Crippen LogP contribution < -0.4 is 10.6 Å². The average Bonchev–Trinajstić information content (AvgIpc) is 3.36. The van der Waals surface area contributed by atoms with Gasteiger partial charge in [-0.25, -0.2) is 0 Å². The number of guanidine groups is 1. The maximum Gasteiger partial charge on any atom is 0.191 e. The van der Waals surface area contributed by atoms with Gasteiger partial charge in [0, 0.05) is 50.8 Å². The van der Waals surface area contributed by atoms with Gasteiger partial charge in [0.25, 0.3) is 0 Å². The number of hydrogen-bond acceptors (Lipinski definition) is 3. The van der Waals surface area contributed by atoms with Gasteiger partial charge in [0.2, 0.25) is 0 Å². The van der Waals surface area contributed by atoms with Gasteiger partial charge in [-0.05, 0) is 30.0 Å². The van der Waals surface area contributed by atoms with Crippen LogP contribution in [0.2, 0.25) is 0 Å². The molecule has 7 nitrogen and oxygen atoms in total. The minimum absolute atomic E-state index is 0.700. The molecule has 0 fully saturated rings. The molecule has 29 heavy (non-hydrogen) atoms. The number of rotatable bonds is 8. The highest BCUT2D eigenvalue weighted by Gasteiger charge is 2.14. The third-order valence-corrected chi connectivity index (χ3v) is 5.14. The van der Waals surface area contributed by atoms with Crippen molar-refractivity contribution < 1.29 is 0 Å². The zero-order valence-corrected chi connectivity index (χ0v) is 17.8. The van der Waals surface area contributed by atoms with E-state index in [4.69, 9.17) is 0 Å². The second-order valence-corrected chi connectivity index (χ2v) is 6.95. The van der Waals surface area contributed by atoms with Gasteiger partial charge < -0.3 is 10.6 Å². The summed E-state index contributed by atoms with van der Waals surface area (Å²) in [6, 6.07) is 10.4. The second-order valence-electron chi connectivity index (χ2n) is 6.95. The molecule has 0 atom stereocenters. The molecule has 0 aliphatic rings. The summed E-state index contributed by atoms with van der Waals surface area (Å²) in [5.41, 5.74) is 6.18. The van der Waals surface area contributed by atoms with Crippen molar-refractivity contribution in [3.05, 3.63) is 70.8 Å². The molecule has 7 heteroatoms. The molecule has 0 saturated carbocycles. The molecule has 0 bridgehead atoms. The minimum atomic E-state index is 0.700. The Morgan fingerprint density at radius 3 is 2.45 bits per heavy atom. The lowest BCUT2D eigenvalue weighted by atomic mass is 10.1. The van der Waals surface area contributed by atoms with Crippen molar-refractivity contribution in [2.45, 2.75) is 46.3 Å². The van der Waals surface area contributed by atoms with E-state index in [0.29, 0.717) is 6.54 Å². The van der Waals surface area contributed by atoms with Gasteiger partial charge >= 0.3 is 0 Å². The lowest BCUT2D eigenvalue weighted by Crippen LogP contribution is -2.36. The van der Waals surface area contributed by atoms with Crippen LogP contribution in [0, 0.1) is 0 Å². The van der Waals surface area contributed by atoms with E-state index < -0.39 is 0 Å². The SMILES string of the molecule is CCc1nn(C)c(CC)c1CNC(=NC)NCc1ccccc1Cn1cccn1. The quantitative estimate of drug-likeness (QED) is 0.456. The van der Waals surface area contributed by atoms with Crippen molar-refractivity contribution in [2.24, 2.45) is 12.0 Å². The number of aryl methyl sites for hydroxylation is 2. The Hall–Kier alpha value is -3.09. The molecule has 0 radical (unpaired) electrons. The zero-order chi connectivity index (χ0) is 20.6. The van der Waals surface area contributed by atoms with Crippen LogP contribution in [0.25, 0.3) is 0 Å². The molecule has 2 N–H and O–H groups in total. The molecule has 2 heterocycles. The first-order valence-corrected chi connectivity index (χ1v) is 10.2. The van der Waals surface area contributed by atoms with Crippen LogP contribution in [-0.4, -0.2) is 32.6 Å². The number of aliphatic imine (C=N–C) groups is 1. The van der Waals surface area contributed by atoms with Crippen molar-refractivity contribution in [3.63, 3.8) is 0 Å². The molecule has 0 amide bonds. The average molecular weight is 394 g/mol. The molecule has 2 aromatic heterocycles. The van der Waals surface area contributed by atoms with Gasteiger partial charge in [-0.1, -0.05) is 38.1 Å². The first-order valence-electron chi connectivity index (χ1n) is 10.2. The summed E-state index contributed by atoms with van der Waals surface area (Å²) in [4.78, 5) is 4.39. The summed E-state index contributed by atoms with van der Waals surface area (Å²) < 4.78 is 3.93. The standard InChI is InChI=1S/C22H31N7/c1-5-20-19(21(6-2)28(4)27-20)15-25-22(23-3)24-14-17-10-7-8-11-18(17)16-29-13-9-12-26-29/h7-13H,5-6,14-16H2,1-4H3,(H2,23,24,25). The van der Waals surface area contributed by atoms with Crippen molar-refractivity contribution >= 4 is 5.96 Å². The van der Waals surface area contributed by atoms with E-state index in [2.05, 4.69) is 63.9 Å². The smallest absolute Gasteiger partial charge is 0.191 e. The van der Waals surface area contributed by atoms with E-state index in [1.165, 1.54) is 22.4 Å². The summed E-state index contributed by atoms with van der Waals surface area (Å²) in [6.07, 6.45) is 5.68. The first kappa shape index (κ1) is 20.6. The van der Waals surface area contributed by atoms with Crippen LogP contribution in [-0.2, 0) is 39.5 Å². The topological polar surface area (TPSA) is 72.1 Å². The van der Waals surface area contributed by atoms with Crippen LogP contribution in [0.4, 0.5) is 0 Å². The Balaban J connectivity index is 1.64. The van der Waals surface area contributed by atoms with E-state index in [9.17, 15) is 0 Å². The first-order chi connectivity index (χ1) is 14.2. The van der Waals surface area contributed by atoms with Gasteiger partial charge in [0.1, 0.15) is 0 Å². The number of benzene rings is 1. The van der Waals surface area contributed by atoms with Gasteiger partial charge in [-0.3, -0.25) is 14.4 Å². The van der Waals surface area contributed by atoms with Crippen LogP contribution >= 0.6 is 0 Å². The normalized spacial score (nSPS) is 11.7. The monoisotopic (exact) mass is 393 g/mol. The van der Waals surface area contributed by atoms with Crippen LogP contribution in [0.3, 0.4) is 0 Å². The number of nitrogens with one attached hydrogen (secondary N) is 2. The maximum atomic E-state index is 4.65. The van der Waals surface area contributed by atoms with Crippen molar-refractivity contribution in [1.82, 2.24) is 30.2 Å². The highest BCUT2D eigenvalue weighted by atomic mass is 15.3. The fourth-order valence-electron chi connectivity index (χ4n) is 3.62. The van der Waals surface area contributed by atoms with Gasteiger partial charge in [-0.2, -0.15) is 10.2 Å². The summed E-state index contributed by atoms with van der Waals surface area (Å²) in [5, 5.41) is 15.9. The molecule has 3 aromatic rings. The van der Waals surface area contributed by atoms with E-state index in [-0.39, 0.29) is 0 Å². The molecule has 154 valence electrons. The van der Waals surface area contributed by atoms with Gasteiger partial charge in [-0.15, -0.1) is 0 Å². The molecule has 1 aromatic carbocycles. The number of hydrogen-bond donors (Lipinski definition) is 2. The predicted octanol–water partition coefficient (Wildman–Crippen LogP) is 2.65.